The van der Waals surface area contributed by atoms with Crippen molar-refractivity contribution in [3.63, 3.8) is 0 Å². The molecule has 30 heavy (non-hydrogen) atoms. The molecule has 3 rings (SSSR count). The molecule has 0 unspecified atom stereocenters. The topological polar surface area (TPSA) is 90.9 Å². The van der Waals surface area contributed by atoms with Gasteiger partial charge in [-0.15, -0.1) is 0 Å². The van der Waals surface area contributed by atoms with Crippen LogP contribution in [-0.4, -0.2) is 37.6 Å². The van der Waals surface area contributed by atoms with Gasteiger partial charge in [-0.1, -0.05) is 50.2 Å². The van der Waals surface area contributed by atoms with E-state index in [4.69, 9.17) is 14.2 Å². The van der Waals surface area contributed by atoms with Crippen LogP contribution in [0.5, 0.6) is 11.5 Å². The molecule has 158 valence electrons. The van der Waals surface area contributed by atoms with Gasteiger partial charge < -0.3 is 19.5 Å². The minimum Gasteiger partial charge on any atom is -0.467 e. The summed E-state index contributed by atoms with van der Waals surface area (Å²) in [6, 6.07) is 13.7. The lowest BCUT2D eigenvalue weighted by Gasteiger charge is -2.26. The average Bonchev–Trinajstić information content (AvgIpc) is 2.74. The number of rotatable bonds is 7. The molecule has 7 heteroatoms. The van der Waals surface area contributed by atoms with Crippen LogP contribution in [0.25, 0.3) is 0 Å². The van der Waals surface area contributed by atoms with Gasteiger partial charge in [-0.2, -0.15) is 0 Å². The number of amides is 1. The first-order chi connectivity index (χ1) is 14.4. The number of nitrogens with one attached hydrogen (secondary N) is 1. The Morgan fingerprint density at radius 3 is 2.10 bits per heavy atom. The molecule has 0 radical (unpaired) electrons. The van der Waals surface area contributed by atoms with Crippen molar-refractivity contribution < 1.29 is 28.6 Å². The Bertz CT molecular complexity index is 893. The van der Waals surface area contributed by atoms with Crippen molar-refractivity contribution in [3.8, 4) is 11.5 Å². The number of esters is 2. The van der Waals surface area contributed by atoms with E-state index in [2.05, 4.69) is 5.32 Å². The first kappa shape index (κ1) is 21.4. The molecular weight excluding hydrogens is 386 g/mol. The van der Waals surface area contributed by atoms with E-state index < -0.39 is 36.4 Å². The van der Waals surface area contributed by atoms with Gasteiger partial charge in [0.1, 0.15) is 23.5 Å². The largest absolute Gasteiger partial charge is 0.467 e. The molecule has 1 heterocycles. The van der Waals surface area contributed by atoms with E-state index in [0.29, 0.717) is 29.0 Å². The van der Waals surface area contributed by atoms with Crippen LogP contribution in [0.4, 0.5) is 0 Å². The van der Waals surface area contributed by atoms with Crippen molar-refractivity contribution in [2.24, 2.45) is 5.92 Å². The van der Waals surface area contributed by atoms with E-state index >= 15 is 0 Å². The van der Waals surface area contributed by atoms with Gasteiger partial charge in [0.15, 0.2) is 6.61 Å². The van der Waals surface area contributed by atoms with Gasteiger partial charge in [-0.25, -0.2) is 4.79 Å². The summed E-state index contributed by atoms with van der Waals surface area (Å²) in [5, 5.41) is 2.58. The van der Waals surface area contributed by atoms with Gasteiger partial charge in [0.05, 0.1) is 7.11 Å². The maximum atomic E-state index is 12.9. The Morgan fingerprint density at radius 1 is 1.00 bits per heavy atom. The van der Waals surface area contributed by atoms with Crippen LogP contribution in [0.1, 0.15) is 37.3 Å². The van der Waals surface area contributed by atoms with Gasteiger partial charge >= 0.3 is 11.9 Å². The van der Waals surface area contributed by atoms with Gasteiger partial charge in [0, 0.05) is 11.1 Å². The Labute approximate surface area is 175 Å². The fourth-order valence-corrected chi connectivity index (χ4v) is 3.45. The Balaban J connectivity index is 1.71. The van der Waals surface area contributed by atoms with Crippen LogP contribution in [0.3, 0.4) is 0 Å². The van der Waals surface area contributed by atoms with Gasteiger partial charge in [-0.3, -0.25) is 9.59 Å². The summed E-state index contributed by atoms with van der Waals surface area (Å²) in [7, 11) is 1.27. The third-order valence-electron chi connectivity index (χ3n) is 4.79. The first-order valence-electron chi connectivity index (χ1n) is 9.80. The second-order valence-corrected chi connectivity index (χ2v) is 7.49. The number of ether oxygens (including phenoxy) is 3. The van der Waals surface area contributed by atoms with Crippen LogP contribution in [-0.2, 0) is 23.9 Å². The number of hydrogen-bond donors (Lipinski definition) is 1. The number of carbonyl (C=O) groups is 3. The quantitative estimate of drug-likeness (QED) is 0.704. The molecule has 1 amide bonds. The fraction of sp³-hybridized carbons (Fsp3) is 0.348. The molecule has 2 aromatic carbocycles. The van der Waals surface area contributed by atoms with Crippen molar-refractivity contribution in [2.45, 2.75) is 32.2 Å². The number of carbonyl (C=O) groups excluding carboxylic acids is 3. The summed E-state index contributed by atoms with van der Waals surface area (Å²) >= 11 is 0. The average molecular weight is 411 g/mol. The summed E-state index contributed by atoms with van der Waals surface area (Å²) in [4.78, 5) is 37.1. The number of methoxy groups -OCH3 is 1. The second-order valence-electron chi connectivity index (χ2n) is 7.49. The predicted molar refractivity (Wildman–Crippen MR) is 109 cm³/mol. The van der Waals surface area contributed by atoms with Gasteiger partial charge in [0.25, 0.3) is 5.91 Å². The summed E-state index contributed by atoms with van der Waals surface area (Å²) in [6.45, 7) is 3.37. The highest BCUT2D eigenvalue weighted by atomic mass is 16.5. The van der Waals surface area contributed by atoms with Crippen molar-refractivity contribution >= 4 is 17.8 Å². The first-order valence-corrected chi connectivity index (χ1v) is 9.80. The van der Waals surface area contributed by atoms with Crippen LogP contribution in [0.2, 0.25) is 0 Å². The number of benzene rings is 2. The molecule has 0 bridgehead atoms. The van der Waals surface area contributed by atoms with Crippen molar-refractivity contribution in [1.82, 2.24) is 5.32 Å². The normalized spacial score (nSPS) is 13.5. The van der Waals surface area contributed by atoms with Gasteiger partial charge in [0.2, 0.25) is 0 Å². The lowest BCUT2D eigenvalue weighted by Crippen LogP contribution is -2.44. The van der Waals surface area contributed by atoms with E-state index in [9.17, 15) is 14.4 Å². The predicted octanol–water partition coefficient (Wildman–Crippen LogP) is 3.17. The zero-order valence-electron chi connectivity index (χ0n) is 17.2. The summed E-state index contributed by atoms with van der Waals surface area (Å²) < 4.78 is 15.9. The molecule has 0 spiro atoms. The number of fused-ring (bicyclic) bond motifs is 2. The van der Waals surface area contributed by atoms with E-state index in [1.54, 1.807) is 24.3 Å². The Hall–Kier alpha value is -3.35. The fourth-order valence-electron chi connectivity index (χ4n) is 3.45. The molecule has 2 aromatic rings. The highest BCUT2D eigenvalue weighted by Crippen LogP contribution is 2.44. The van der Waals surface area contributed by atoms with Crippen molar-refractivity contribution in [3.05, 3.63) is 59.7 Å². The van der Waals surface area contributed by atoms with E-state index in [-0.39, 0.29) is 5.92 Å². The van der Waals surface area contributed by atoms with Crippen molar-refractivity contribution in [2.75, 3.05) is 13.7 Å². The van der Waals surface area contributed by atoms with Crippen LogP contribution < -0.4 is 10.1 Å². The molecule has 0 fully saturated rings. The zero-order chi connectivity index (χ0) is 21.7. The SMILES string of the molecule is COC(=O)[C@H](CC(C)C)NC(=O)COC(=O)C1c2ccccc2Oc2ccccc21. The summed E-state index contributed by atoms with van der Waals surface area (Å²) in [5.74, 6) is -1.04. The Kier molecular flexibility index (Phi) is 6.72. The molecule has 0 saturated carbocycles. The molecule has 1 N–H and O–H groups in total. The number of para-hydroxylation sites is 2. The van der Waals surface area contributed by atoms with E-state index in [0.717, 1.165) is 0 Å². The summed E-state index contributed by atoms with van der Waals surface area (Å²) in [6.07, 6.45) is 0.424. The van der Waals surface area contributed by atoms with E-state index in [1.165, 1.54) is 7.11 Å². The minimum absolute atomic E-state index is 0.173. The molecule has 0 aromatic heterocycles. The monoisotopic (exact) mass is 411 g/mol. The molecule has 0 saturated heterocycles. The highest BCUT2D eigenvalue weighted by Gasteiger charge is 2.34. The van der Waals surface area contributed by atoms with Crippen molar-refractivity contribution in [1.29, 1.82) is 0 Å². The molecule has 1 atom stereocenters. The smallest absolute Gasteiger partial charge is 0.328 e. The molecular formula is C23H25NO6. The van der Waals surface area contributed by atoms with E-state index in [1.807, 2.05) is 38.1 Å². The lowest BCUT2D eigenvalue weighted by atomic mass is 9.88. The third kappa shape index (κ3) is 4.79. The Morgan fingerprint density at radius 2 is 1.57 bits per heavy atom. The summed E-state index contributed by atoms with van der Waals surface area (Å²) in [5.41, 5.74) is 1.35. The minimum atomic E-state index is -0.786. The van der Waals surface area contributed by atoms with Gasteiger partial charge in [-0.05, 0) is 24.5 Å². The zero-order valence-corrected chi connectivity index (χ0v) is 17.2. The lowest BCUT2D eigenvalue weighted by molar-refractivity contribution is -0.151. The molecule has 1 aliphatic heterocycles. The molecule has 0 aliphatic carbocycles. The van der Waals surface area contributed by atoms with Crippen LogP contribution in [0, 0.1) is 5.92 Å². The third-order valence-corrected chi connectivity index (χ3v) is 4.79. The molecule has 7 nitrogen and oxygen atoms in total. The maximum absolute atomic E-state index is 12.9. The maximum Gasteiger partial charge on any atom is 0.328 e. The standard InChI is InChI=1S/C23H25NO6/c1-14(2)12-17(22(26)28-3)24-20(25)13-29-23(27)21-15-8-4-6-10-18(15)30-19-11-7-5-9-16(19)21/h4-11,14,17,21H,12-13H2,1-3H3,(H,24,25)/t17-/m0/s1. The number of hydrogen-bond acceptors (Lipinski definition) is 6. The highest BCUT2D eigenvalue weighted by molar-refractivity contribution is 5.89. The van der Waals surface area contributed by atoms with Crippen LogP contribution >= 0.6 is 0 Å². The van der Waals surface area contributed by atoms with Crippen LogP contribution in [0.15, 0.2) is 48.5 Å². The molecule has 1 aliphatic rings. The second kappa shape index (κ2) is 9.43.